The number of fused-ring (bicyclic) bond motifs is 3. The molecular weight excluding hydrogens is 304 g/mol. The summed E-state index contributed by atoms with van der Waals surface area (Å²) in [5, 5.41) is 18.4. The molecule has 0 saturated carbocycles. The Hall–Kier alpha value is -1.92. The van der Waals surface area contributed by atoms with Gasteiger partial charge in [-0.25, -0.2) is 4.79 Å². The van der Waals surface area contributed by atoms with Gasteiger partial charge in [-0.1, -0.05) is 6.07 Å². The maximum Gasteiger partial charge on any atom is 0.336 e. The number of nitrogens with zero attached hydrogens (tertiary/aromatic N) is 3. The predicted octanol–water partition coefficient (Wildman–Crippen LogP) is 1.99. The SMILES string of the molecule is CN1C2CCC1CC(NCc1nn(C)c3cccc(C(=O)O)c13)C2. The van der Waals surface area contributed by atoms with E-state index in [1.165, 1.54) is 25.7 Å². The van der Waals surface area contributed by atoms with Crippen molar-refractivity contribution in [1.29, 1.82) is 0 Å². The summed E-state index contributed by atoms with van der Waals surface area (Å²) in [5.41, 5.74) is 2.03. The lowest BCUT2D eigenvalue weighted by Crippen LogP contribution is -2.47. The summed E-state index contributed by atoms with van der Waals surface area (Å²) >= 11 is 0. The Morgan fingerprint density at radius 2 is 2.00 bits per heavy atom. The first kappa shape index (κ1) is 15.6. The van der Waals surface area contributed by atoms with E-state index in [1.54, 1.807) is 16.8 Å². The summed E-state index contributed by atoms with van der Waals surface area (Å²) < 4.78 is 1.77. The lowest BCUT2D eigenvalue weighted by Gasteiger charge is -2.36. The van der Waals surface area contributed by atoms with Crippen molar-refractivity contribution in [1.82, 2.24) is 20.0 Å². The molecule has 1 aromatic carbocycles. The van der Waals surface area contributed by atoms with Crippen LogP contribution in [0.3, 0.4) is 0 Å². The first-order valence-corrected chi connectivity index (χ1v) is 8.68. The highest BCUT2D eigenvalue weighted by atomic mass is 16.4. The van der Waals surface area contributed by atoms with Crippen molar-refractivity contribution in [3.8, 4) is 0 Å². The van der Waals surface area contributed by atoms with Crippen molar-refractivity contribution in [2.45, 2.75) is 50.4 Å². The molecular formula is C18H24N4O2. The Kier molecular flexibility index (Phi) is 3.81. The fraction of sp³-hybridized carbons (Fsp3) is 0.556. The highest BCUT2D eigenvalue weighted by molar-refractivity contribution is 6.03. The summed E-state index contributed by atoms with van der Waals surface area (Å²) in [6.45, 7) is 0.620. The first-order chi connectivity index (χ1) is 11.5. The number of aromatic nitrogens is 2. The molecule has 2 aliphatic rings. The third-order valence-electron chi connectivity index (χ3n) is 5.84. The second-order valence-corrected chi connectivity index (χ2v) is 7.17. The molecule has 0 radical (unpaired) electrons. The Labute approximate surface area is 141 Å². The van der Waals surface area contributed by atoms with Crippen molar-refractivity contribution in [2.75, 3.05) is 7.05 Å². The molecule has 1 aromatic heterocycles. The van der Waals surface area contributed by atoms with Crippen molar-refractivity contribution in [3.05, 3.63) is 29.5 Å². The van der Waals surface area contributed by atoms with Crippen LogP contribution in [0.1, 0.15) is 41.7 Å². The van der Waals surface area contributed by atoms with Crippen LogP contribution in [-0.2, 0) is 13.6 Å². The van der Waals surface area contributed by atoms with Crippen LogP contribution in [0.4, 0.5) is 0 Å². The van der Waals surface area contributed by atoms with Gasteiger partial charge in [0.1, 0.15) is 0 Å². The molecule has 0 aliphatic carbocycles. The Morgan fingerprint density at radius 1 is 1.29 bits per heavy atom. The van der Waals surface area contributed by atoms with E-state index in [1.807, 2.05) is 13.1 Å². The van der Waals surface area contributed by atoms with Crippen LogP contribution in [-0.4, -0.2) is 50.9 Å². The first-order valence-electron chi connectivity index (χ1n) is 8.68. The van der Waals surface area contributed by atoms with Gasteiger partial charge < -0.3 is 15.3 Å². The van der Waals surface area contributed by atoms with Crippen LogP contribution in [0.25, 0.3) is 10.9 Å². The van der Waals surface area contributed by atoms with Gasteiger partial charge in [-0.15, -0.1) is 0 Å². The normalized spacial score (nSPS) is 27.0. The molecule has 128 valence electrons. The molecule has 2 bridgehead atoms. The van der Waals surface area contributed by atoms with E-state index in [0.717, 1.165) is 16.6 Å². The summed E-state index contributed by atoms with van der Waals surface area (Å²) in [6.07, 6.45) is 4.94. The summed E-state index contributed by atoms with van der Waals surface area (Å²) in [5.74, 6) is -0.896. The van der Waals surface area contributed by atoms with Crippen molar-refractivity contribution in [2.24, 2.45) is 7.05 Å². The van der Waals surface area contributed by atoms with Gasteiger partial charge in [-0.05, 0) is 44.9 Å². The number of rotatable bonds is 4. The predicted molar refractivity (Wildman–Crippen MR) is 92.1 cm³/mol. The van der Waals surface area contributed by atoms with E-state index in [2.05, 4.69) is 22.4 Å². The van der Waals surface area contributed by atoms with E-state index < -0.39 is 5.97 Å². The van der Waals surface area contributed by atoms with E-state index in [9.17, 15) is 9.90 Å². The number of carboxylic acids is 1. The van der Waals surface area contributed by atoms with Gasteiger partial charge in [0.2, 0.25) is 0 Å². The zero-order valence-corrected chi connectivity index (χ0v) is 14.2. The van der Waals surface area contributed by atoms with Crippen LogP contribution < -0.4 is 5.32 Å². The van der Waals surface area contributed by atoms with E-state index in [0.29, 0.717) is 30.2 Å². The second-order valence-electron chi connectivity index (χ2n) is 7.17. The van der Waals surface area contributed by atoms with Gasteiger partial charge in [0, 0.05) is 37.1 Å². The lowest BCUT2D eigenvalue weighted by molar-refractivity contribution is 0.0699. The summed E-state index contributed by atoms with van der Waals surface area (Å²) in [7, 11) is 4.11. The van der Waals surface area contributed by atoms with E-state index >= 15 is 0 Å². The van der Waals surface area contributed by atoms with E-state index in [4.69, 9.17) is 0 Å². The van der Waals surface area contributed by atoms with Crippen LogP contribution in [0, 0.1) is 0 Å². The number of carboxylic acid groups (broad SMARTS) is 1. The van der Waals surface area contributed by atoms with Crippen LogP contribution in [0.15, 0.2) is 18.2 Å². The maximum atomic E-state index is 11.5. The quantitative estimate of drug-likeness (QED) is 0.898. The summed E-state index contributed by atoms with van der Waals surface area (Å²) in [6, 6.07) is 7.24. The second kappa shape index (κ2) is 5.86. The van der Waals surface area contributed by atoms with Crippen molar-refractivity contribution >= 4 is 16.9 Å². The zero-order chi connectivity index (χ0) is 16.8. The molecule has 2 fully saturated rings. The maximum absolute atomic E-state index is 11.5. The molecule has 2 N–H and O–H groups in total. The highest BCUT2D eigenvalue weighted by Gasteiger charge is 2.38. The number of carbonyl (C=O) groups is 1. The Bertz CT molecular complexity index is 771. The minimum absolute atomic E-state index is 0.334. The molecule has 0 spiro atoms. The number of nitrogens with one attached hydrogen (secondary N) is 1. The number of aromatic carboxylic acids is 1. The number of aryl methyl sites for hydroxylation is 1. The fourth-order valence-corrected chi connectivity index (χ4v) is 4.52. The molecule has 2 atom stereocenters. The van der Waals surface area contributed by atoms with Gasteiger partial charge >= 0.3 is 5.97 Å². The molecule has 3 heterocycles. The minimum Gasteiger partial charge on any atom is -0.478 e. The van der Waals surface area contributed by atoms with Crippen molar-refractivity contribution < 1.29 is 9.90 Å². The Balaban J connectivity index is 1.56. The van der Waals surface area contributed by atoms with E-state index in [-0.39, 0.29) is 0 Å². The average molecular weight is 328 g/mol. The largest absolute Gasteiger partial charge is 0.478 e. The molecule has 6 heteroatoms. The van der Waals surface area contributed by atoms with Gasteiger partial charge in [-0.3, -0.25) is 4.68 Å². The fourth-order valence-electron chi connectivity index (χ4n) is 4.52. The smallest absolute Gasteiger partial charge is 0.336 e. The van der Waals surface area contributed by atoms with Gasteiger partial charge in [0.25, 0.3) is 0 Å². The zero-order valence-electron chi connectivity index (χ0n) is 14.2. The third-order valence-corrected chi connectivity index (χ3v) is 5.84. The molecule has 0 amide bonds. The number of benzene rings is 1. The van der Waals surface area contributed by atoms with Gasteiger partial charge in [0.15, 0.2) is 0 Å². The van der Waals surface area contributed by atoms with Gasteiger partial charge in [-0.2, -0.15) is 5.10 Å². The molecule has 4 rings (SSSR count). The topological polar surface area (TPSA) is 70.4 Å². The summed E-state index contributed by atoms with van der Waals surface area (Å²) in [4.78, 5) is 14.1. The molecule has 2 unspecified atom stereocenters. The Morgan fingerprint density at radius 3 is 2.67 bits per heavy atom. The standard InChI is InChI=1S/C18H24N4O2/c1-21-12-6-7-13(21)9-11(8-12)19-10-15-17-14(18(23)24)4-3-5-16(17)22(2)20-15/h3-5,11-13,19H,6-10H2,1-2H3,(H,23,24). The molecule has 2 saturated heterocycles. The lowest BCUT2D eigenvalue weighted by atomic mass is 9.98. The molecule has 2 aliphatic heterocycles. The van der Waals surface area contributed by atoms with Crippen molar-refractivity contribution in [3.63, 3.8) is 0 Å². The van der Waals surface area contributed by atoms with Gasteiger partial charge in [0.05, 0.1) is 16.8 Å². The molecule has 2 aromatic rings. The minimum atomic E-state index is -0.896. The number of hydrogen-bond donors (Lipinski definition) is 2. The monoisotopic (exact) mass is 328 g/mol. The van der Waals surface area contributed by atoms with Crippen LogP contribution >= 0.6 is 0 Å². The third kappa shape index (κ3) is 2.50. The molecule has 6 nitrogen and oxygen atoms in total. The number of piperidine rings is 1. The highest BCUT2D eigenvalue weighted by Crippen LogP contribution is 2.34. The molecule has 24 heavy (non-hydrogen) atoms. The number of hydrogen-bond acceptors (Lipinski definition) is 4. The van der Waals surface area contributed by atoms with Crippen LogP contribution in [0.5, 0.6) is 0 Å². The van der Waals surface area contributed by atoms with Crippen LogP contribution in [0.2, 0.25) is 0 Å². The average Bonchev–Trinajstić information content (AvgIpc) is 2.97.